The number of carbonyl (C=O) groups is 1. The fraction of sp³-hybridized carbons (Fsp3) is 0.950. The summed E-state index contributed by atoms with van der Waals surface area (Å²) < 4.78 is 0. The van der Waals surface area contributed by atoms with E-state index in [-0.39, 0.29) is 5.91 Å². The van der Waals surface area contributed by atoms with Crippen molar-refractivity contribution in [3.8, 4) is 0 Å². The van der Waals surface area contributed by atoms with Crippen molar-refractivity contribution in [2.45, 2.75) is 117 Å². The predicted octanol–water partition coefficient (Wildman–Crippen LogP) is 5.89. The van der Waals surface area contributed by atoms with E-state index in [0.29, 0.717) is 0 Å². The molecule has 0 saturated heterocycles. The molecule has 0 aliphatic rings. The van der Waals surface area contributed by atoms with Gasteiger partial charge in [-0.2, -0.15) is 0 Å². The van der Waals surface area contributed by atoms with Crippen molar-refractivity contribution in [2.75, 3.05) is 6.54 Å². The van der Waals surface area contributed by atoms with E-state index in [1.54, 1.807) is 0 Å². The lowest BCUT2D eigenvalue weighted by atomic mass is 10.0. The number of hydrogen-bond acceptors (Lipinski definition) is 2. The zero-order valence-corrected chi connectivity index (χ0v) is 15.9. The van der Waals surface area contributed by atoms with Crippen LogP contribution >= 0.6 is 0 Å². The summed E-state index contributed by atoms with van der Waals surface area (Å²) in [4.78, 5) is 10.6. The van der Waals surface area contributed by atoms with Gasteiger partial charge in [-0.25, -0.2) is 5.43 Å². The molecule has 1 amide bonds. The monoisotopic (exact) mass is 326 g/mol. The van der Waals surface area contributed by atoms with Crippen molar-refractivity contribution in [3.05, 3.63) is 0 Å². The zero-order chi connectivity index (χ0) is 17.0. The maximum Gasteiger partial charge on any atom is 0.230 e. The van der Waals surface area contributed by atoms with E-state index in [0.717, 1.165) is 13.0 Å². The molecule has 0 heterocycles. The van der Waals surface area contributed by atoms with Gasteiger partial charge in [0, 0.05) is 13.5 Å². The normalized spacial score (nSPS) is 10.9. The minimum atomic E-state index is -0.0125. The van der Waals surface area contributed by atoms with Gasteiger partial charge >= 0.3 is 0 Å². The average molecular weight is 327 g/mol. The number of amides is 1. The third-order valence-corrected chi connectivity index (χ3v) is 4.42. The van der Waals surface area contributed by atoms with E-state index in [4.69, 9.17) is 0 Å². The molecule has 3 heteroatoms. The molecule has 0 aliphatic heterocycles. The molecule has 0 aromatic rings. The first kappa shape index (κ1) is 22.4. The molecule has 0 aromatic carbocycles. The quantitative estimate of drug-likeness (QED) is 0.243. The molecule has 0 fully saturated rings. The van der Waals surface area contributed by atoms with Crippen LogP contribution in [0.3, 0.4) is 0 Å². The first-order valence-corrected chi connectivity index (χ1v) is 10.3. The molecule has 2 N–H and O–H groups in total. The summed E-state index contributed by atoms with van der Waals surface area (Å²) in [6.45, 7) is 4.70. The van der Waals surface area contributed by atoms with Gasteiger partial charge in [0.15, 0.2) is 0 Å². The minimum absolute atomic E-state index is 0.0125. The fourth-order valence-electron chi connectivity index (χ4n) is 2.95. The van der Waals surface area contributed by atoms with E-state index in [2.05, 4.69) is 17.8 Å². The standard InChI is InChI=1S/C20H42N2O/c1-3-4-5-6-7-8-9-10-11-12-13-14-15-16-17-18-19-21-22-20(2)23/h21H,3-19H2,1-2H3,(H,22,23). The van der Waals surface area contributed by atoms with E-state index in [9.17, 15) is 4.79 Å². The summed E-state index contributed by atoms with van der Waals surface area (Å²) in [6.07, 6.45) is 22.3. The second-order valence-electron chi connectivity index (χ2n) is 6.91. The molecule has 0 aliphatic carbocycles. The van der Waals surface area contributed by atoms with Gasteiger partial charge in [-0.05, 0) is 6.42 Å². The van der Waals surface area contributed by atoms with Gasteiger partial charge in [0.1, 0.15) is 0 Å². The van der Waals surface area contributed by atoms with Crippen LogP contribution in [0.4, 0.5) is 0 Å². The topological polar surface area (TPSA) is 41.1 Å². The SMILES string of the molecule is CCCCCCCCCCCCCCCCCCNNC(C)=O. The molecule has 0 rings (SSSR count). The van der Waals surface area contributed by atoms with Crippen LogP contribution in [-0.2, 0) is 4.79 Å². The highest BCUT2D eigenvalue weighted by Gasteiger charge is 1.95. The Hall–Kier alpha value is -0.570. The number of carbonyl (C=O) groups excluding carboxylic acids is 1. The summed E-state index contributed by atoms with van der Waals surface area (Å²) in [7, 11) is 0. The van der Waals surface area contributed by atoms with Gasteiger partial charge < -0.3 is 0 Å². The summed E-state index contributed by atoms with van der Waals surface area (Å²) in [5.41, 5.74) is 5.54. The summed E-state index contributed by atoms with van der Waals surface area (Å²) in [5.74, 6) is -0.0125. The highest BCUT2D eigenvalue weighted by molar-refractivity contribution is 5.72. The molecule has 0 atom stereocenters. The Morgan fingerprint density at radius 2 is 0.957 bits per heavy atom. The van der Waals surface area contributed by atoms with Crippen molar-refractivity contribution in [1.82, 2.24) is 10.9 Å². The van der Waals surface area contributed by atoms with Crippen LogP contribution in [0.5, 0.6) is 0 Å². The van der Waals surface area contributed by atoms with Crippen molar-refractivity contribution in [1.29, 1.82) is 0 Å². The summed E-state index contributed by atoms with van der Waals surface area (Å²) in [6, 6.07) is 0. The lowest BCUT2D eigenvalue weighted by Crippen LogP contribution is -2.36. The third-order valence-electron chi connectivity index (χ3n) is 4.42. The van der Waals surface area contributed by atoms with Crippen LogP contribution in [0, 0.1) is 0 Å². The van der Waals surface area contributed by atoms with Crippen LogP contribution in [0.25, 0.3) is 0 Å². The van der Waals surface area contributed by atoms with Crippen LogP contribution in [-0.4, -0.2) is 12.5 Å². The van der Waals surface area contributed by atoms with Crippen molar-refractivity contribution in [2.24, 2.45) is 0 Å². The number of nitrogens with one attached hydrogen (secondary N) is 2. The van der Waals surface area contributed by atoms with Crippen LogP contribution < -0.4 is 10.9 Å². The molecule has 0 saturated carbocycles. The Labute approximate surface area is 145 Å². The Morgan fingerprint density at radius 3 is 1.30 bits per heavy atom. The highest BCUT2D eigenvalue weighted by Crippen LogP contribution is 2.13. The average Bonchev–Trinajstić information content (AvgIpc) is 2.53. The molecule has 0 unspecified atom stereocenters. The summed E-state index contributed by atoms with van der Waals surface area (Å²) in [5, 5.41) is 0. The van der Waals surface area contributed by atoms with E-state index in [1.165, 1.54) is 103 Å². The number of rotatable bonds is 18. The minimum Gasteiger partial charge on any atom is -0.292 e. The molecule has 3 nitrogen and oxygen atoms in total. The first-order valence-electron chi connectivity index (χ1n) is 10.3. The van der Waals surface area contributed by atoms with Gasteiger partial charge in [-0.1, -0.05) is 103 Å². The van der Waals surface area contributed by atoms with Crippen LogP contribution in [0.1, 0.15) is 117 Å². The molecule has 0 spiro atoms. The zero-order valence-electron chi connectivity index (χ0n) is 15.9. The molecule has 0 aromatic heterocycles. The lowest BCUT2D eigenvalue weighted by Gasteiger charge is -2.05. The van der Waals surface area contributed by atoms with E-state index < -0.39 is 0 Å². The smallest absolute Gasteiger partial charge is 0.230 e. The Kier molecular flexibility index (Phi) is 19.0. The molecular weight excluding hydrogens is 284 g/mol. The third kappa shape index (κ3) is 21.4. The van der Waals surface area contributed by atoms with Gasteiger partial charge in [0.2, 0.25) is 5.91 Å². The molecule has 0 bridgehead atoms. The predicted molar refractivity (Wildman–Crippen MR) is 101 cm³/mol. The van der Waals surface area contributed by atoms with Crippen molar-refractivity contribution in [3.63, 3.8) is 0 Å². The first-order chi connectivity index (χ1) is 11.3. The van der Waals surface area contributed by atoms with Gasteiger partial charge in [-0.15, -0.1) is 0 Å². The molecule has 138 valence electrons. The molecule has 23 heavy (non-hydrogen) atoms. The Morgan fingerprint density at radius 1 is 0.609 bits per heavy atom. The van der Waals surface area contributed by atoms with Gasteiger partial charge in [-0.3, -0.25) is 10.2 Å². The second kappa shape index (κ2) is 19.5. The van der Waals surface area contributed by atoms with E-state index >= 15 is 0 Å². The summed E-state index contributed by atoms with van der Waals surface area (Å²) >= 11 is 0. The molecular formula is C20H42N2O. The lowest BCUT2D eigenvalue weighted by molar-refractivity contribution is -0.119. The number of unbranched alkanes of at least 4 members (excludes halogenated alkanes) is 15. The largest absolute Gasteiger partial charge is 0.292 e. The second-order valence-corrected chi connectivity index (χ2v) is 6.91. The number of hydrogen-bond donors (Lipinski definition) is 2. The maximum atomic E-state index is 10.6. The van der Waals surface area contributed by atoms with Crippen LogP contribution in [0.2, 0.25) is 0 Å². The molecule has 0 radical (unpaired) electrons. The Balaban J connectivity index is 2.96. The highest BCUT2D eigenvalue weighted by atomic mass is 16.2. The van der Waals surface area contributed by atoms with E-state index in [1.807, 2.05) is 0 Å². The fourth-order valence-corrected chi connectivity index (χ4v) is 2.95. The van der Waals surface area contributed by atoms with Crippen molar-refractivity contribution < 1.29 is 4.79 Å². The van der Waals surface area contributed by atoms with Crippen LogP contribution in [0.15, 0.2) is 0 Å². The maximum absolute atomic E-state index is 10.6. The van der Waals surface area contributed by atoms with Crippen molar-refractivity contribution >= 4 is 5.91 Å². The van der Waals surface area contributed by atoms with Gasteiger partial charge in [0.05, 0.1) is 0 Å². The number of hydrazine groups is 1. The van der Waals surface area contributed by atoms with Gasteiger partial charge in [0.25, 0.3) is 0 Å². The Bertz CT molecular complexity index is 244.